The Balaban J connectivity index is 1.58. The summed E-state index contributed by atoms with van der Waals surface area (Å²) < 4.78 is 16.3. The Morgan fingerprint density at radius 1 is 1.03 bits per heavy atom. The van der Waals surface area contributed by atoms with E-state index in [0.29, 0.717) is 11.5 Å². The lowest BCUT2D eigenvalue weighted by Crippen LogP contribution is -2.24. The van der Waals surface area contributed by atoms with E-state index < -0.39 is 17.0 Å². The normalized spacial score (nSPS) is 11.4. The van der Waals surface area contributed by atoms with Crippen molar-refractivity contribution in [3.8, 4) is 17.2 Å². The summed E-state index contributed by atoms with van der Waals surface area (Å²) >= 11 is 6.76. The Labute approximate surface area is 181 Å². The van der Waals surface area contributed by atoms with E-state index in [1.165, 1.54) is 18.2 Å². The van der Waals surface area contributed by atoms with Crippen molar-refractivity contribution in [1.29, 1.82) is 0 Å². The SMILES string of the molecule is CC(Oc1ccc(Oc2ccc(Cl)cc2[N+](=O)[O-])cc1)C(=O)OSc1ccccc1. The molecule has 0 saturated heterocycles. The maximum absolute atomic E-state index is 12.1. The Bertz CT molecular complexity index is 1030. The van der Waals surface area contributed by atoms with Crippen LogP contribution < -0.4 is 9.47 Å². The summed E-state index contributed by atoms with van der Waals surface area (Å²) in [6.45, 7) is 1.58. The molecule has 0 aromatic heterocycles. The summed E-state index contributed by atoms with van der Waals surface area (Å²) in [4.78, 5) is 23.5. The van der Waals surface area contributed by atoms with Crippen LogP contribution in [0, 0.1) is 10.1 Å². The van der Waals surface area contributed by atoms with Gasteiger partial charge in [0.2, 0.25) is 5.75 Å². The number of halogens is 1. The van der Waals surface area contributed by atoms with Crippen molar-refractivity contribution in [3.63, 3.8) is 0 Å². The molecule has 0 fully saturated rings. The topological polar surface area (TPSA) is 87.9 Å². The number of hydrogen-bond donors (Lipinski definition) is 0. The summed E-state index contributed by atoms with van der Waals surface area (Å²) in [7, 11) is 0. The monoisotopic (exact) mass is 445 g/mol. The average molecular weight is 446 g/mol. The molecular weight excluding hydrogens is 430 g/mol. The van der Waals surface area contributed by atoms with Gasteiger partial charge < -0.3 is 13.7 Å². The highest BCUT2D eigenvalue weighted by Gasteiger charge is 2.19. The molecular formula is C21H16ClNO6S. The fourth-order valence-electron chi connectivity index (χ4n) is 2.32. The third kappa shape index (κ3) is 5.88. The molecule has 9 heteroatoms. The zero-order chi connectivity index (χ0) is 21.5. The molecule has 0 aliphatic rings. The molecule has 154 valence electrons. The van der Waals surface area contributed by atoms with Crippen LogP contribution in [-0.4, -0.2) is 17.0 Å². The van der Waals surface area contributed by atoms with Gasteiger partial charge in [0.05, 0.1) is 17.0 Å². The summed E-state index contributed by atoms with van der Waals surface area (Å²) in [6.07, 6.45) is -0.828. The number of nitrogens with zero attached hydrogens (tertiary/aromatic N) is 1. The second-order valence-corrected chi connectivity index (χ2v) is 7.24. The molecule has 3 aromatic carbocycles. The summed E-state index contributed by atoms with van der Waals surface area (Å²) in [5, 5.41) is 11.4. The number of benzene rings is 3. The number of carbonyl (C=O) groups excluding carboxylic acids is 1. The first-order valence-electron chi connectivity index (χ1n) is 8.74. The maximum Gasteiger partial charge on any atom is 0.359 e. The molecule has 0 spiro atoms. The van der Waals surface area contributed by atoms with Gasteiger partial charge in [-0.2, -0.15) is 0 Å². The lowest BCUT2D eigenvalue weighted by atomic mass is 10.3. The third-order valence-corrected chi connectivity index (χ3v) is 4.72. The molecule has 7 nitrogen and oxygen atoms in total. The van der Waals surface area contributed by atoms with E-state index in [9.17, 15) is 14.9 Å². The van der Waals surface area contributed by atoms with Crippen molar-refractivity contribution in [1.82, 2.24) is 0 Å². The summed E-state index contributed by atoms with van der Waals surface area (Å²) in [5.41, 5.74) is -0.241. The van der Waals surface area contributed by atoms with Gasteiger partial charge in [0.1, 0.15) is 11.5 Å². The molecule has 1 atom stereocenters. The highest BCUT2D eigenvalue weighted by molar-refractivity contribution is 7.95. The van der Waals surface area contributed by atoms with E-state index in [-0.39, 0.29) is 16.5 Å². The second kappa shape index (κ2) is 10.00. The Hall–Kier alpha value is -3.23. The summed E-state index contributed by atoms with van der Waals surface area (Å²) in [5.74, 6) is 0.318. The van der Waals surface area contributed by atoms with Crippen molar-refractivity contribution in [2.45, 2.75) is 17.9 Å². The van der Waals surface area contributed by atoms with Crippen LogP contribution in [0.4, 0.5) is 5.69 Å². The van der Waals surface area contributed by atoms with Crippen LogP contribution in [0.15, 0.2) is 77.7 Å². The van der Waals surface area contributed by atoms with Crippen molar-refractivity contribution in [2.24, 2.45) is 0 Å². The molecule has 30 heavy (non-hydrogen) atoms. The van der Waals surface area contributed by atoms with Gasteiger partial charge in [0.15, 0.2) is 6.10 Å². The molecule has 0 bridgehead atoms. The van der Waals surface area contributed by atoms with E-state index in [2.05, 4.69) is 0 Å². The number of nitro benzene ring substituents is 1. The lowest BCUT2D eigenvalue weighted by molar-refractivity contribution is -0.385. The standard InChI is InChI=1S/C21H16ClNO6S/c1-14(21(24)29-30-18-5-3-2-4-6-18)27-16-8-10-17(11-9-16)28-20-12-7-15(22)13-19(20)23(25)26/h2-14H,1H3. The van der Waals surface area contributed by atoms with Crippen molar-refractivity contribution >= 4 is 35.3 Å². The number of ether oxygens (including phenoxy) is 2. The first-order chi connectivity index (χ1) is 14.4. The Morgan fingerprint density at radius 2 is 1.70 bits per heavy atom. The molecule has 0 heterocycles. The highest BCUT2D eigenvalue weighted by atomic mass is 35.5. The maximum atomic E-state index is 12.1. The zero-order valence-electron chi connectivity index (χ0n) is 15.7. The van der Waals surface area contributed by atoms with E-state index >= 15 is 0 Å². The van der Waals surface area contributed by atoms with E-state index in [0.717, 1.165) is 16.9 Å². The van der Waals surface area contributed by atoms with E-state index in [1.807, 2.05) is 30.3 Å². The van der Waals surface area contributed by atoms with Crippen LogP contribution in [0.1, 0.15) is 6.92 Å². The molecule has 0 saturated carbocycles. The van der Waals surface area contributed by atoms with Crippen LogP contribution >= 0.6 is 23.6 Å². The van der Waals surface area contributed by atoms with Crippen molar-refractivity contribution in [3.05, 3.63) is 87.9 Å². The number of rotatable bonds is 8. The molecule has 3 aromatic rings. The lowest BCUT2D eigenvalue weighted by Gasteiger charge is -2.13. The fraction of sp³-hybridized carbons (Fsp3) is 0.0952. The molecule has 0 N–H and O–H groups in total. The van der Waals surface area contributed by atoms with Crippen LogP contribution in [0.5, 0.6) is 17.2 Å². The minimum Gasteiger partial charge on any atom is -0.479 e. The van der Waals surface area contributed by atoms with Crippen LogP contribution in [-0.2, 0) is 8.98 Å². The van der Waals surface area contributed by atoms with E-state index in [4.69, 9.17) is 25.3 Å². The van der Waals surface area contributed by atoms with Gasteiger partial charge in [-0.15, -0.1) is 0 Å². The van der Waals surface area contributed by atoms with E-state index in [1.54, 1.807) is 31.2 Å². The number of hydrogen-bond acceptors (Lipinski definition) is 7. The quantitative estimate of drug-likeness (QED) is 0.236. The minimum atomic E-state index is -0.828. The van der Waals surface area contributed by atoms with Gasteiger partial charge in [-0.05, 0) is 55.5 Å². The van der Waals surface area contributed by atoms with Gasteiger partial charge >= 0.3 is 11.7 Å². The predicted molar refractivity (Wildman–Crippen MR) is 113 cm³/mol. The van der Waals surface area contributed by atoms with Gasteiger partial charge in [-0.1, -0.05) is 29.8 Å². The minimum absolute atomic E-state index is 0.0629. The summed E-state index contributed by atoms with van der Waals surface area (Å²) in [6, 6.07) is 19.7. The smallest absolute Gasteiger partial charge is 0.359 e. The molecule has 0 amide bonds. The number of nitro groups is 1. The Kier molecular flexibility index (Phi) is 7.16. The first-order valence-corrected chi connectivity index (χ1v) is 9.86. The second-order valence-electron chi connectivity index (χ2n) is 6.00. The molecule has 0 aliphatic heterocycles. The Morgan fingerprint density at radius 3 is 2.37 bits per heavy atom. The first kappa shape index (κ1) is 21.5. The van der Waals surface area contributed by atoms with Crippen molar-refractivity contribution in [2.75, 3.05) is 0 Å². The molecule has 0 aliphatic carbocycles. The van der Waals surface area contributed by atoms with Gasteiger partial charge in [0.25, 0.3) is 0 Å². The van der Waals surface area contributed by atoms with Gasteiger partial charge in [0, 0.05) is 16.0 Å². The average Bonchev–Trinajstić information content (AvgIpc) is 2.75. The van der Waals surface area contributed by atoms with Crippen molar-refractivity contribution < 1.29 is 23.4 Å². The van der Waals surface area contributed by atoms with Crippen LogP contribution in [0.2, 0.25) is 5.02 Å². The van der Waals surface area contributed by atoms with Crippen LogP contribution in [0.25, 0.3) is 0 Å². The van der Waals surface area contributed by atoms with Gasteiger partial charge in [-0.3, -0.25) is 10.1 Å². The highest BCUT2D eigenvalue weighted by Crippen LogP contribution is 2.34. The molecule has 3 rings (SSSR count). The van der Waals surface area contributed by atoms with Gasteiger partial charge in [-0.25, -0.2) is 4.79 Å². The molecule has 1 unspecified atom stereocenters. The number of carbonyl (C=O) groups is 1. The predicted octanol–water partition coefficient (Wildman–Crippen LogP) is 6.06. The fourth-order valence-corrected chi connectivity index (χ4v) is 3.07. The zero-order valence-corrected chi connectivity index (χ0v) is 17.3. The van der Waals surface area contributed by atoms with Crippen LogP contribution in [0.3, 0.4) is 0 Å². The third-order valence-electron chi connectivity index (χ3n) is 3.78. The molecule has 0 radical (unpaired) electrons. The largest absolute Gasteiger partial charge is 0.479 e.